The number of rotatable bonds is 6. The predicted molar refractivity (Wildman–Crippen MR) is 91.2 cm³/mol. The Morgan fingerprint density at radius 1 is 1.32 bits per heavy atom. The lowest BCUT2D eigenvalue weighted by atomic mass is 9.99. The third kappa shape index (κ3) is 3.91. The molecule has 0 spiro atoms. The van der Waals surface area contributed by atoms with Crippen LogP contribution in [0.3, 0.4) is 0 Å². The van der Waals surface area contributed by atoms with Crippen LogP contribution < -0.4 is 0 Å². The number of halogens is 1. The molecule has 136 valence electrons. The van der Waals surface area contributed by atoms with Gasteiger partial charge in [-0.15, -0.1) is 0 Å². The molecule has 1 atom stereocenters. The average molecular weight is 367 g/mol. The third-order valence-corrected chi connectivity index (χ3v) is 6.36. The quantitative estimate of drug-likeness (QED) is 0.785. The van der Waals surface area contributed by atoms with Gasteiger partial charge in [-0.2, -0.15) is 4.31 Å². The highest BCUT2D eigenvalue weighted by atomic mass is 32.2. The number of hydrogen-bond acceptors (Lipinski definition) is 4. The van der Waals surface area contributed by atoms with Gasteiger partial charge in [0.1, 0.15) is 11.6 Å². The Kier molecular flexibility index (Phi) is 5.51. The molecule has 1 aliphatic rings. The third-order valence-electron chi connectivity index (χ3n) is 4.48. The summed E-state index contributed by atoms with van der Waals surface area (Å²) in [5.41, 5.74) is 0. The van der Waals surface area contributed by atoms with E-state index in [0.717, 1.165) is 18.7 Å². The molecular weight excluding hydrogens is 345 g/mol. The summed E-state index contributed by atoms with van der Waals surface area (Å²) in [5.74, 6) is 0.475. The fourth-order valence-corrected chi connectivity index (χ4v) is 4.71. The highest BCUT2D eigenvalue weighted by Gasteiger charge is 2.32. The van der Waals surface area contributed by atoms with Gasteiger partial charge in [0.25, 0.3) is 0 Å². The van der Waals surface area contributed by atoms with Gasteiger partial charge < -0.3 is 9.30 Å². The van der Waals surface area contributed by atoms with Crippen molar-refractivity contribution in [2.24, 2.45) is 0 Å². The molecule has 1 fully saturated rings. The summed E-state index contributed by atoms with van der Waals surface area (Å²) in [4.78, 5) is 4.55. The number of methoxy groups -OCH3 is 1. The van der Waals surface area contributed by atoms with E-state index < -0.39 is 15.8 Å². The van der Waals surface area contributed by atoms with Crippen LogP contribution >= 0.6 is 0 Å². The second kappa shape index (κ2) is 7.63. The van der Waals surface area contributed by atoms with Crippen LogP contribution in [0.4, 0.5) is 4.39 Å². The van der Waals surface area contributed by atoms with Crippen LogP contribution in [-0.2, 0) is 21.3 Å². The monoisotopic (exact) mass is 367 g/mol. The van der Waals surface area contributed by atoms with Crippen molar-refractivity contribution < 1.29 is 17.5 Å². The molecule has 0 N–H and O–H groups in total. The summed E-state index contributed by atoms with van der Waals surface area (Å²) >= 11 is 0. The first kappa shape index (κ1) is 18.0. The number of hydrogen-bond donors (Lipinski definition) is 0. The van der Waals surface area contributed by atoms with E-state index in [1.165, 1.54) is 28.6 Å². The van der Waals surface area contributed by atoms with Crippen LogP contribution in [0.25, 0.3) is 0 Å². The maximum absolute atomic E-state index is 13.1. The largest absolute Gasteiger partial charge is 0.383 e. The fraction of sp³-hybridized carbons (Fsp3) is 0.471. The second-order valence-corrected chi connectivity index (χ2v) is 8.07. The van der Waals surface area contributed by atoms with E-state index in [1.54, 1.807) is 13.3 Å². The Labute approximate surface area is 147 Å². The summed E-state index contributed by atoms with van der Waals surface area (Å²) in [5, 5.41) is 0. The van der Waals surface area contributed by atoms with Crippen LogP contribution in [0, 0.1) is 5.82 Å². The van der Waals surface area contributed by atoms with E-state index in [2.05, 4.69) is 4.98 Å². The molecule has 1 aliphatic heterocycles. The zero-order valence-corrected chi connectivity index (χ0v) is 15.0. The van der Waals surface area contributed by atoms with Crippen molar-refractivity contribution in [2.45, 2.75) is 30.2 Å². The lowest BCUT2D eigenvalue weighted by molar-refractivity contribution is 0.184. The number of nitrogens with zero attached hydrogens (tertiary/aromatic N) is 3. The molecule has 6 nitrogen and oxygen atoms in total. The molecule has 2 heterocycles. The molecule has 0 unspecified atom stereocenters. The lowest BCUT2D eigenvalue weighted by Crippen LogP contribution is -2.39. The molecule has 1 saturated heterocycles. The first-order chi connectivity index (χ1) is 12.0. The topological polar surface area (TPSA) is 64.4 Å². The van der Waals surface area contributed by atoms with Crippen LogP contribution in [0.2, 0.25) is 0 Å². The number of aromatic nitrogens is 2. The van der Waals surface area contributed by atoms with Gasteiger partial charge in [0, 0.05) is 45.1 Å². The fourth-order valence-electron chi connectivity index (χ4n) is 3.19. The smallest absolute Gasteiger partial charge is 0.243 e. The van der Waals surface area contributed by atoms with Gasteiger partial charge in [0.15, 0.2) is 0 Å². The molecule has 1 aromatic carbocycles. The number of benzene rings is 1. The molecule has 0 radical (unpaired) electrons. The SMILES string of the molecule is COCCn1ccnc1[C@@H]1CCCN(S(=O)(=O)c2ccc(F)cc2)C1. The van der Waals surface area contributed by atoms with Gasteiger partial charge in [0.05, 0.1) is 11.5 Å². The van der Waals surface area contributed by atoms with Gasteiger partial charge >= 0.3 is 0 Å². The summed E-state index contributed by atoms with van der Waals surface area (Å²) < 4.78 is 47.3. The number of ether oxygens (including phenoxy) is 1. The van der Waals surface area contributed by atoms with Gasteiger partial charge in [-0.1, -0.05) is 0 Å². The minimum absolute atomic E-state index is 0.0378. The normalized spacial score (nSPS) is 19.2. The molecule has 1 aromatic heterocycles. The van der Waals surface area contributed by atoms with E-state index in [-0.39, 0.29) is 10.8 Å². The Balaban J connectivity index is 1.79. The van der Waals surface area contributed by atoms with E-state index in [4.69, 9.17) is 4.74 Å². The van der Waals surface area contributed by atoms with Crippen molar-refractivity contribution in [3.63, 3.8) is 0 Å². The summed E-state index contributed by atoms with van der Waals surface area (Å²) in [7, 11) is -1.98. The maximum atomic E-state index is 13.1. The molecule has 3 rings (SSSR count). The van der Waals surface area contributed by atoms with Crippen LogP contribution in [-0.4, -0.2) is 49.1 Å². The Morgan fingerprint density at radius 3 is 2.80 bits per heavy atom. The first-order valence-electron chi connectivity index (χ1n) is 8.28. The lowest BCUT2D eigenvalue weighted by Gasteiger charge is -2.31. The zero-order valence-electron chi connectivity index (χ0n) is 14.1. The predicted octanol–water partition coefficient (Wildman–Crippen LogP) is 2.24. The van der Waals surface area contributed by atoms with Crippen molar-refractivity contribution in [3.8, 4) is 0 Å². The molecule has 25 heavy (non-hydrogen) atoms. The minimum atomic E-state index is -3.63. The molecule has 0 aliphatic carbocycles. The Hall–Kier alpha value is -1.77. The second-order valence-electron chi connectivity index (χ2n) is 6.13. The minimum Gasteiger partial charge on any atom is -0.383 e. The van der Waals surface area contributed by atoms with Gasteiger partial charge in [0.2, 0.25) is 10.0 Å². The van der Waals surface area contributed by atoms with E-state index in [1.807, 2.05) is 10.8 Å². The van der Waals surface area contributed by atoms with Crippen molar-refractivity contribution in [2.75, 3.05) is 26.8 Å². The molecule has 0 amide bonds. The highest BCUT2D eigenvalue weighted by Crippen LogP contribution is 2.29. The van der Waals surface area contributed by atoms with Crippen LogP contribution in [0.15, 0.2) is 41.6 Å². The average Bonchev–Trinajstić information content (AvgIpc) is 3.09. The molecular formula is C17H22FN3O3S. The van der Waals surface area contributed by atoms with Crippen LogP contribution in [0.5, 0.6) is 0 Å². The van der Waals surface area contributed by atoms with Crippen molar-refractivity contribution in [1.29, 1.82) is 0 Å². The van der Waals surface area contributed by atoms with Crippen LogP contribution in [0.1, 0.15) is 24.6 Å². The number of piperidine rings is 1. The molecule has 2 aromatic rings. The van der Waals surface area contributed by atoms with E-state index >= 15 is 0 Å². The summed E-state index contributed by atoms with van der Waals surface area (Å²) in [6.07, 6.45) is 5.28. The van der Waals surface area contributed by atoms with Gasteiger partial charge in [-0.05, 0) is 37.1 Å². The summed E-state index contributed by atoms with van der Waals surface area (Å²) in [6, 6.07) is 4.97. The Bertz CT molecular complexity index is 805. The molecule has 8 heteroatoms. The number of sulfonamides is 1. The highest BCUT2D eigenvalue weighted by molar-refractivity contribution is 7.89. The van der Waals surface area contributed by atoms with Gasteiger partial charge in [-0.3, -0.25) is 0 Å². The molecule has 0 bridgehead atoms. The van der Waals surface area contributed by atoms with Gasteiger partial charge in [-0.25, -0.2) is 17.8 Å². The standard InChI is InChI=1S/C17H22FN3O3S/c1-24-12-11-20-10-8-19-17(20)14-3-2-9-21(13-14)25(22,23)16-6-4-15(18)5-7-16/h4-8,10,14H,2-3,9,11-13H2,1H3/t14-/m1/s1. The zero-order chi connectivity index (χ0) is 17.9. The molecule has 0 saturated carbocycles. The van der Waals surface area contributed by atoms with E-state index in [9.17, 15) is 12.8 Å². The summed E-state index contributed by atoms with van der Waals surface area (Å²) in [6.45, 7) is 2.11. The maximum Gasteiger partial charge on any atom is 0.243 e. The Morgan fingerprint density at radius 2 is 2.08 bits per heavy atom. The van der Waals surface area contributed by atoms with Crippen molar-refractivity contribution >= 4 is 10.0 Å². The van der Waals surface area contributed by atoms with Crippen molar-refractivity contribution in [3.05, 3.63) is 48.3 Å². The van der Waals surface area contributed by atoms with E-state index in [0.29, 0.717) is 26.2 Å². The number of imidazole rings is 1. The first-order valence-corrected chi connectivity index (χ1v) is 9.72. The van der Waals surface area contributed by atoms with Crippen molar-refractivity contribution in [1.82, 2.24) is 13.9 Å².